The lowest BCUT2D eigenvalue weighted by molar-refractivity contribution is -0.118. The minimum Gasteiger partial charge on any atom is -0.484 e. The molecule has 0 saturated heterocycles. The summed E-state index contributed by atoms with van der Waals surface area (Å²) in [4.78, 5) is 24.6. The second kappa shape index (κ2) is 10.2. The maximum atomic E-state index is 12.6. The molecule has 0 fully saturated rings. The molecular formula is C25H22N2O6S2. The van der Waals surface area contributed by atoms with Gasteiger partial charge in [-0.1, -0.05) is 17.7 Å². The number of carbonyl (C=O) groups is 2. The van der Waals surface area contributed by atoms with Crippen molar-refractivity contribution in [2.45, 2.75) is 11.8 Å². The van der Waals surface area contributed by atoms with Crippen LogP contribution in [0.1, 0.15) is 15.2 Å². The van der Waals surface area contributed by atoms with Gasteiger partial charge >= 0.3 is 5.97 Å². The van der Waals surface area contributed by atoms with Crippen molar-refractivity contribution in [2.24, 2.45) is 0 Å². The SMILES string of the molecule is COC(=O)c1cc2cc(NC(=O)COc3ccc(S(=O)(=O)Nc4ccc(C)cc4)cc3)ccc2s1. The third-order valence-corrected chi connectivity index (χ3v) is 7.49. The van der Waals surface area contributed by atoms with Crippen molar-refractivity contribution < 1.29 is 27.5 Å². The molecule has 0 spiro atoms. The molecule has 0 atom stereocenters. The number of ether oxygens (including phenoxy) is 2. The Kier molecular flexibility index (Phi) is 7.04. The molecular weight excluding hydrogens is 488 g/mol. The van der Waals surface area contributed by atoms with Gasteiger partial charge in [0.25, 0.3) is 15.9 Å². The molecule has 180 valence electrons. The standard InChI is InChI=1S/C25H22N2O6S2/c1-16-3-5-18(6-4-16)27-35(30,31)21-10-8-20(9-11-21)33-15-24(28)26-19-7-12-22-17(13-19)14-23(34-22)25(29)32-2/h3-14,27H,15H2,1-2H3,(H,26,28). The quantitative estimate of drug-likeness (QED) is 0.329. The van der Waals surface area contributed by atoms with Crippen LogP contribution in [-0.4, -0.2) is 34.0 Å². The van der Waals surface area contributed by atoms with E-state index in [4.69, 9.17) is 9.47 Å². The van der Waals surface area contributed by atoms with Crippen molar-refractivity contribution >= 4 is 54.7 Å². The molecule has 0 saturated carbocycles. The van der Waals surface area contributed by atoms with Gasteiger partial charge in [0.05, 0.1) is 12.0 Å². The number of carbonyl (C=O) groups excluding carboxylic acids is 2. The van der Waals surface area contributed by atoms with Gasteiger partial charge in [-0.25, -0.2) is 13.2 Å². The van der Waals surface area contributed by atoms with Gasteiger partial charge in [-0.2, -0.15) is 0 Å². The first-order chi connectivity index (χ1) is 16.7. The number of anilines is 2. The number of nitrogens with one attached hydrogen (secondary N) is 2. The molecule has 0 aliphatic heterocycles. The van der Waals surface area contributed by atoms with E-state index in [0.717, 1.165) is 15.6 Å². The second-order valence-electron chi connectivity index (χ2n) is 7.63. The van der Waals surface area contributed by atoms with E-state index < -0.39 is 16.0 Å². The number of aryl methyl sites for hydroxylation is 1. The zero-order chi connectivity index (χ0) is 25.0. The van der Waals surface area contributed by atoms with E-state index >= 15 is 0 Å². The van der Waals surface area contributed by atoms with E-state index in [2.05, 4.69) is 10.0 Å². The van der Waals surface area contributed by atoms with Gasteiger partial charge in [-0.15, -0.1) is 11.3 Å². The number of fused-ring (bicyclic) bond motifs is 1. The van der Waals surface area contributed by atoms with Gasteiger partial charge in [-0.3, -0.25) is 9.52 Å². The number of methoxy groups -OCH3 is 1. The molecule has 1 heterocycles. The molecule has 4 aromatic rings. The largest absolute Gasteiger partial charge is 0.484 e. The van der Waals surface area contributed by atoms with Gasteiger partial charge in [-0.05, 0) is 73.0 Å². The van der Waals surface area contributed by atoms with E-state index in [1.165, 1.54) is 42.7 Å². The van der Waals surface area contributed by atoms with E-state index in [-0.39, 0.29) is 17.4 Å². The van der Waals surface area contributed by atoms with Crippen LogP contribution < -0.4 is 14.8 Å². The van der Waals surface area contributed by atoms with Crippen molar-refractivity contribution in [3.8, 4) is 5.75 Å². The number of amides is 1. The molecule has 0 aliphatic rings. The van der Waals surface area contributed by atoms with Crippen LogP contribution in [0.25, 0.3) is 10.1 Å². The Balaban J connectivity index is 1.34. The molecule has 1 aromatic heterocycles. The monoisotopic (exact) mass is 510 g/mol. The van der Waals surface area contributed by atoms with E-state index in [9.17, 15) is 18.0 Å². The Morgan fingerprint density at radius 1 is 0.914 bits per heavy atom. The third kappa shape index (κ3) is 5.97. The number of esters is 1. The number of rotatable bonds is 8. The average molecular weight is 511 g/mol. The highest BCUT2D eigenvalue weighted by molar-refractivity contribution is 7.92. The van der Waals surface area contributed by atoms with Crippen LogP contribution >= 0.6 is 11.3 Å². The predicted molar refractivity (Wildman–Crippen MR) is 136 cm³/mol. The van der Waals surface area contributed by atoms with Crippen LogP contribution in [0.3, 0.4) is 0 Å². The van der Waals surface area contributed by atoms with Crippen LogP contribution in [0.5, 0.6) is 5.75 Å². The smallest absolute Gasteiger partial charge is 0.348 e. The fourth-order valence-electron chi connectivity index (χ4n) is 3.22. The number of hydrogen-bond donors (Lipinski definition) is 2. The van der Waals surface area contributed by atoms with Gasteiger partial charge in [0, 0.05) is 16.1 Å². The van der Waals surface area contributed by atoms with Crippen molar-refractivity contribution in [3.05, 3.63) is 83.2 Å². The minimum atomic E-state index is -3.75. The summed E-state index contributed by atoms with van der Waals surface area (Å²) in [6.45, 7) is 1.66. The summed E-state index contributed by atoms with van der Waals surface area (Å²) in [5.74, 6) is -0.439. The number of hydrogen-bond acceptors (Lipinski definition) is 7. The molecule has 2 N–H and O–H groups in total. The summed E-state index contributed by atoms with van der Waals surface area (Å²) in [6.07, 6.45) is 0. The second-order valence-corrected chi connectivity index (χ2v) is 10.4. The van der Waals surface area contributed by atoms with Gasteiger partial charge in [0.2, 0.25) is 0 Å². The predicted octanol–water partition coefficient (Wildman–Crippen LogP) is 4.81. The first-order valence-corrected chi connectivity index (χ1v) is 12.8. The molecule has 0 unspecified atom stereocenters. The van der Waals surface area contributed by atoms with Crippen molar-refractivity contribution in [1.82, 2.24) is 0 Å². The summed E-state index contributed by atoms with van der Waals surface area (Å²) >= 11 is 1.31. The Labute approximate surface area is 206 Å². The Morgan fingerprint density at radius 3 is 2.29 bits per heavy atom. The highest BCUT2D eigenvalue weighted by atomic mass is 32.2. The zero-order valence-electron chi connectivity index (χ0n) is 18.9. The molecule has 10 heteroatoms. The lowest BCUT2D eigenvalue weighted by atomic mass is 10.2. The summed E-state index contributed by atoms with van der Waals surface area (Å²) in [5.41, 5.74) is 2.05. The van der Waals surface area contributed by atoms with Crippen LogP contribution in [-0.2, 0) is 19.6 Å². The van der Waals surface area contributed by atoms with Gasteiger partial charge < -0.3 is 14.8 Å². The maximum Gasteiger partial charge on any atom is 0.348 e. The summed E-state index contributed by atoms with van der Waals surface area (Å²) in [7, 11) is -2.42. The summed E-state index contributed by atoms with van der Waals surface area (Å²) in [5, 5.41) is 3.55. The first-order valence-electron chi connectivity index (χ1n) is 10.5. The number of thiophene rings is 1. The Hall–Kier alpha value is -3.89. The molecule has 4 rings (SSSR count). The minimum absolute atomic E-state index is 0.0743. The highest BCUT2D eigenvalue weighted by Gasteiger charge is 2.15. The molecule has 35 heavy (non-hydrogen) atoms. The van der Waals surface area contributed by atoms with Crippen molar-refractivity contribution in [3.63, 3.8) is 0 Å². The number of benzene rings is 3. The third-order valence-electron chi connectivity index (χ3n) is 4.99. The van der Waals surface area contributed by atoms with Crippen LogP contribution in [0, 0.1) is 6.92 Å². The molecule has 3 aromatic carbocycles. The lowest BCUT2D eigenvalue weighted by Crippen LogP contribution is -2.20. The topological polar surface area (TPSA) is 111 Å². The molecule has 0 bridgehead atoms. The average Bonchev–Trinajstić information content (AvgIpc) is 3.27. The fourth-order valence-corrected chi connectivity index (χ4v) is 5.24. The van der Waals surface area contributed by atoms with Gasteiger partial charge in [0.15, 0.2) is 6.61 Å². The molecule has 0 radical (unpaired) electrons. The fraction of sp³-hybridized carbons (Fsp3) is 0.120. The van der Waals surface area contributed by atoms with Crippen molar-refractivity contribution in [2.75, 3.05) is 23.8 Å². The van der Waals surface area contributed by atoms with Crippen LogP contribution in [0.15, 0.2) is 77.7 Å². The lowest BCUT2D eigenvalue weighted by Gasteiger charge is -2.10. The first kappa shape index (κ1) is 24.2. The summed E-state index contributed by atoms with van der Waals surface area (Å²) in [6, 6.07) is 19.8. The highest BCUT2D eigenvalue weighted by Crippen LogP contribution is 2.28. The van der Waals surface area contributed by atoms with Crippen LogP contribution in [0.2, 0.25) is 0 Å². The van der Waals surface area contributed by atoms with Gasteiger partial charge in [0.1, 0.15) is 10.6 Å². The normalized spacial score (nSPS) is 11.1. The molecule has 0 aliphatic carbocycles. The molecule has 1 amide bonds. The number of sulfonamides is 1. The van der Waals surface area contributed by atoms with E-state index in [0.29, 0.717) is 22.0 Å². The van der Waals surface area contributed by atoms with Crippen LogP contribution in [0.4, 0.5) is 11.4 Å². The van der Waals surface area contributed by atoms with E-state index in [1.807, 2.05) is 25.1 Å². The van der Waals surface area contributed by atoms with Crippen molar-refractivity contribution in [1.29, 1.82) is 0 Å². The van der Waals surface area contributed by atoms with E-state index in [1.54, 1.807) is 30.3 Å². The Morgan fingerprint density at radius 2 is 1.60 bits per heavy atom. The summed E-state index contributed by atoms with van der Waals surface area (Å²) < 4.78 is 38.8. The Bertz CT molecular complexity index is 1480. The zero-order valence-corrected chi connectivity index (χ0v) is 20.5. The maximum absolute atomic E-state index is 12.6. The molecule has 8 nitrogen and oxygen atoms in total.